The van der Waals surface area contributed by atoms with Crippen LogP contribution < -0.4 is 5.73 Å². The monoisotopic (exact) mass is 320 g/mol. The van der Waals surface area contributed by atoms with Crippen molar-refractivity contribution in [2.24, 2.45) is 5.73 Å². The van der Waals surface area contributed by atoms with Crippen LogP contribution in [-0.4, -0.2) is 33.4 Å². The molecule has 1 atom stereocenters. The third kappa shape index (κ3) is 2.29. The first kappa shape index (κ1) is 15.3. The summed E-state index contributed by atoms with van der Waals surface area (Å²) in [5.41, 5.74) is 7.02. The number of carbonyl (C=O) groups is 1. The van der Waals surface area contributed by atoms with E-state index in [1.165, 1.54) is 0 Å². The first-order chi connectivity index (χ1) is 10.3. The van der Waals surface area contributed by atoms with Crippen LogP contribution in [0.25, 0.3) is 11.0 Å². The zero-order valence-corrected chi connectivity index (χ0v) is 13.9. The molecule has 1 aliphatic heterocycles. The molecule has 0 bridgehead atoms. The first-order valence-corrected chi connectivity index (χ1v) is 7.97. The molecule has 3 rings (SSSR count). The molecule has 0 saturated carbocycles. The molecule has 118 valence electrons. The Bertz CT molecular complexity index is 739. The van der Waals surface area contributed by atoms with Gasteiger partial charge in [-0.15, -0.1) is 0 Å². The molecule has 2 heterocycles. The summed E-state index contributed by atoms with van der Waals surface area (Å²) in [4.78, 5) is 22.1. The summed E-state index contributed by atoms with van der Waals surface area (Å²) in [5, 5.41) is 0.480. The number of fused-ring (bicyclic) bond motifs is 1. The number of nitrogens with two attached hydrogens (primary N) is 1. The standard InChI is InChI=1S/C16H21ClN4O/c1-9(2)21-6-4-5-16(21,3)15-19-12-8-10(17)7-11(14(18)22)13(12)20-15/h7-9H,4-6H2,1-3H3,(H2,18,22)(H,19,20). The molecule has 5 nitrogen and oxygen atoms in total. The number of nitrogens with zero attached hydrogens (tertiary/aromatic N) is 2. The van der Waals surface area contributed by atoms with Crippen LogP contribution in [0.2, 0.25) is 5.02 Å². The molecule has 1 amide bonds. The second-order valence-corrected chi connectivity index (χ2v) is 6.90. The van der Waals surface area contributed by atoms with Crippen LogP contribution >= 0.6 is 11.6 Å². The molecule has 1 aliphatic rings. The SMILES string of the molecule is CC(C)N1CCCC1(C)c1nc2c(C(N)=O)cc(Cl)cc2[nH]1. The van der Waals surface area contributed by atoms with Crippen molar-refractivity contribution in [1.29, 1.82) is 0 Å². The number of nitrogens with one attached hydrogen (secondary N) is 1. The Morgan fingerprint density at radius 1 is 1.50 bits per heavy atom. The number of likely N-dealkylation sites (tertiary alicyclic amines) is 1. The number of H-pyrrole nitrogens is 1. The molecule has 2 aromatic rings. The number of benzene rings is 1. The number of imidazole rings is 1. The van der Waals surface area contributed by atoms with Gasteiger partial charge in [-0.3, -0.25) is 9.69 Å². The highest BCUT2D eigenvalue weighted by Crippen LogP contribution is 2.39. The maximum absolute atomic E-state index is 11.6. The van der Waals surface area contributed by atoms with Crippen LogP contribution in [-0.2, 0) is 5.54 Å². The highest BCUT2D eigenvalue weighted by molar-refractivity contribution is 6.32. The normalized spacial score (nSPS) is 22.8. The lowest BCUT2D eigenvalue weighted by atomic mass is 9.97. The Labute approximate surface area is 134 Å². The fourth-order valence-electron chi connectivity index (χ4n) is 3.59. The van der Waals surface area contributed by atoms with Crippen LogP contribution in [0.1, 0.15) is 49.8 Å². The topological polar surface area (TPSA) is 75.0 Å². The van der Waals surface area contributed by atoms with Crippen molar-refractivity contribution in [3.8, 4) is 0 Å². The number of aromatic nitrogens is 2. The number of amides is 1. The van der Waals surface area contributed by atoms with Crippen molar-refractivity contribution >= 4 is 28.5 Å². The molecule has 1 fully saturated rings. The number of carbonyl (C=O) groups excluding carboxylic acids is 1. The predicted molar refractivity (Wildman–Crippen MR) is 88.0 cm³/mol. The Hall–Kier alpha value is -1.59. The summed E-state index contributed by atoms with van der Waals surface area (Å²) in [6.07, 6.45) is 2.17. The van der Waals surface area contributed by atoms with E-state index in [2.05, 4.69) is 30.7 Å². The van der Waals surface area contributed by atoms with Gasteiger partial charge in [-0.25, -0.2) is 4.98 Å². The molecule has 6 heteroatoms. The number of aromatic amines is 1. The van der Waals surface area contributed by atoms with Crippen molar-refractivity contribution in [2.75, 3.05) is 6.54 Å². The lowest BCUT2D eigenvalue weighted by Gasteiger charge is -2.36. The Morgan fingerprint density at radius 2 is 2.23 bits per heavy atom. The molecular formula is C16H21ClN4O. The van der Waals surface area contributed by atoms with E-state index in [0.717, 1.165) is 30.7 Å². The van der Waals surface area contributed by atoms with E-state index in [-0.39, 0.29) is 5.54 Å². The van der Waals surface area contributed by atoms with Crippen molar-refractivity contribution in [2.45, 2.75) is 45.2 Å². The highest BCUT2D eigenvalue weighted by atomic mass is 35.5. The summed E-state index contributed by atoms with van der Waals surface area (Å²) in [5.74, 6) is 0.362. The van der Waals surface area contributed by atoms with Gasteiger partial charge in [-0.1, -0.05) is 11.6 Å². The first-order valence-electron chi connectivity index (χ1n) is 7.59. The smallest absolute Gasteiger partial charge is 0.251 e. The van der Waals surface area contributed by atoms with E-state index in [1.54, 1.807) is 12.1 Å². The van der Waals surface area contributed by atoms with Gasteiger partial charge < -0.3 is 10.7 Å². The predicted octanol–water partition coefficient (Wildman–Crippen LogP) is 3.03. The van der Waals surface area contributed by atoms with Crippen molar-refractivity contribution < 1.29 is 4.79 Å². The van der Waals surface area contributed by atoms with Gasteiger partial charge in [0.25, 0.3) is 5.91 Å². The van der Waals surface area contributed by atoms with E-state index in [9.17, 15) is 4.79 Å². The van der Waals surface area contributed by atoms with Gasteiger partial charge in [-0.2, -0.15) is 0 Å². The van der Waals surface area contributed by atoms with E-state index in [4.69, 9.17) is 22.3 Å². The minimum Gasteiger partial charge on any atom is -0.366 e. The molecule has 3 N–H and O–H groups in total. The third-order valence-electron chi connectivity index (χ3n) is 4.65. The number of hydrogen-bond donors (Lipinski definition) is 2. The summed E-state index contributed by atoms with van der Waals surface area (Å²) in [6.45, 7) is 7.63. The van der Waals surface area contributed by atoms with Crippen molar-refractivity contribution in [3.63, 3.8) is 0 Å². The zero-order valence-electron chi connectivity index (χ0n) is 13.1. The Balaban J connectivity index is 2.17. The second kappa shape index (κ2) is 5.25. The van der Waals surface area contributed by atoms with Gasteiger partial charge in [0.1, 0.15) is 11.3 Å². The van der Waals surface area contributed by atoms with E-state index < -0.39 is 5.91 Å². The van der Waals surface area contributed by atoms with Gasteiger partial charge in [0.2, 0.25) is 0 Å². The number of hydrogen-bond acceptors (Lipinski definition) is 3. The average Bonchev–Trinajstić information content (AvgIpc) is 3.01. The highest BCUT2D eigenvalue weighted by Gasteiger charge is 2.42. The minimum atomic E-state index is -0.511. The van der Waals surface area contributed by atoms with E-state index in [1.807, 2.05) is 0 Å². The van der Waals surface area contributed by atoms with Crippen LogP contribution in [0.4, 0.5) is 0 Å². The summed E-state index contributed by atoms with van der Waals surface area (Å²) in [7, 11) is 0. The lowest BCUT2D eigenvalue weighted by Crippen LogP contribution is -2.43. The Morgan fingerprint density at radius 3 is 2.86 bits per heavy atom. The minimum absolute atomic E-state index is 0.158. The summed E-state index contributed by atoms with van der Waals surface area (Å²) >= 11 is 6.08. The third-order valence-corrected chi connectivity index (χ3v) is 4.87. The fourth-order valence-corrected chi connectivity index (χ4v) is 3.81. The maximum atomic E-state index is 11.6. The van der Waals surface area contributed by atoms with Crippen LogP contribution in [0.5, 0.6) is 0 Å². The molecule has 1 aromatic heterocycles. The Kier molecular flexibility index (Phi) is 3.65. The molecule has 1 aromatic carbocycles. The zero-order chi connectivity index (χ0) is 16.1. The van der Waals surface area contributed by atoms with E-state index in [0.29, 0.717) is 22.1 Å². The molecule has 0 aliphatic carbocycles. The van der Waals surface area contributed by atoms with E-state index >= 15 is 0 Å². The summed E-state index contributed by atoms with van der Waals surface area (Å²) in [6, 6.07) is 3.80. The molecule has 0 radical (unpaired) electrons. The summed E-state index contributed by atoms with van der Waals surface area (Å²) < 4.78 is 0. The molecule has 22 heavy (non-hydrogen) atoms. The molecule has 1 unspecified atom stereocenters. The van der Waals surface area contributed by atoms with Gasteiger partial charge in [-0.05, 0) is 52.3 Å². The lowest BCUT2D eigenvalue weighted by molar-refractivity contribution is 0.100. The van der Waals surface area contributed by atoms with Crippen LogP contribution in [0.3, 0.4) is 0 Å². The molecular weight excluding hydrogens is 300 g/mol. The number of primary amides is 1. The van der Waals surface area contributed by atoms with Crippen molar-refractivity contribution in [3.05, 3.63) is 28.5 Å². The largest absolute Gasteiger partial charge is 0.366 e. The van der Waals surface area contributed by atoms with Gasteiger partial charge in [0.05, 0.1) is 16.6 Å². The van der Waals surface area contributed by atoms with Gasteiger partial charge >= 0.3 is 0 Å². The number of halogens is 1. The van der Waals surface area contributed by atoms with Crippen LogP contribution in [0, 0.1) is 0 Å². The number of rotatable bonds is 3. The van der Waals surface area contributed by atoms with Gasteiger partial charge in [0, 0.05) is 11.1 Å². The fraction of sp³-hybridized carbons (Fsp3) is 0.500. The average molecular weight is 321 g/mol. The molecule has 1 saturated heterocycles. The maximum Gasteiger partial charge on any atom is 0.251 e. The van der Waals surface area contributed by atoms with Crippen LogP contribution in [0.15, 0.2) is 12.1 Å². The van der Waals surface area contributed by atoms with Gasteiger partial charge in [0.15, 0.2) is 0 Å². The quantitative estimate of drug-likeness (QED) is 0.912. The second-order valence-electron chi connectivity index (χ2n) is 6.46. The molecule has 0 spiro atoms. The van der Waals surface area contributed by atoms with Crippen molar-refractivity contribution in [1.82, 2.24) is 14.9 Å².